The van der Waals surface area contributed by atoms with E-state index in [1.807, 2.05) is 6.92 Å². The van der Waals surface area contributed by atoms with Crippen molar-refractivity contribution in [2.24, 2.45) is 0 Å². The summed E-state index contributed by atoms with van der Waals surface area (Å²) in [4.78, 5) is 13.2. The number of benzene rings is 1. The van der Waals surface area contributed by atoms with Crippen LogP contribution >= 0.6 is 0 Å². The molecule has 0 bridgehead atoms. The number of carbonyl (C=O) groups is 1. The van der Waals surface area contributed by atoms with Gasteiger partial charge in [-0.2, -0.15) is 0 Å². The molecule has 0 aromatic heterocycles. The molecule has 1 aliphatic heterocycles. The van der Waals surface area contributed by atoms with Crippen LogP contribution in [-0.4, -0.2) is 41.6 Å². The van der Waals surface area contributed by atoms with Gasteiger partial charge in [-0.05, 0) is 43.0 Å². The molecular weight excluding hydrogens is 271 g/mol. The number of β-amino-alcohol motifs (C(OH)–C–C–N with tert-alkyl or cyclic N) is 1. The molecule has 2 N–H and O–H groups in total. The monoisotopic (exact) mass is 294 g/mol. The third-order valence-electron chi connectivity index (χ3n) is 4.02. The zero-order valence-electron chi connectivity index (χ0n) is 12.6. The van der Waals surface area contributed by atoms with Gasteiger partial charge in [0, 0.05) is 32.6 Å². The van der Waals surface area contributed by atoms with Crippen LogP contribution in [0.1, 0.15) is 37.0 Å². The fraction of sp³-hybridized carbons (Fsp3) is 0.562. The number of hydrogen-bond acceptors (Lipinski definition) is 3. The van der Waals surface area contributed by atoms with Crippen LogP contribution in [-0.2, 0) is 4.79 Å². The Kier molecular flexibility index (Phi) is 5.31. The van der Waals surface area contributed by atoms with Gasteiger partial charge < -0.3 is 15.3 Å². The number of rotatable bonds is 4. The molecule has 1 aromatic rings. The number of likely N-dealkylation sites (tertiary alicyclic amines) is 1. The highest BCUT2D eigenvalue weighted by Gasteiger charge is 2.22. The van der Waals surface area contributed by atoms with Gasteiger partial charge in [-0.15, -0.1) is 0 Å². The molecule has 0 saturated carbocycles. The minimum absolute atomic E-state index is 0.00965. The van der Waals surface area contributed by atoms with Gasteiger partial charge in [0.1, 0.15) is 5.82 Å². The summed E-state index contributed by atoms with van der Waals surface area (Å²) in [5, 5.41) is 13.3. The number of piperidine rings is 1. The first-order valence-electron chi connectivity index (χ1n) is 7.39. The Morgan fingerprint density at radius 1 is 1.48 bits per heavy atom. The lowest BCUT2D eigenvalue weighted by Crippen LogP contribution is -2.45. The van der Waals surface area contributed by atoms with Crippen molar-refractivity contribution >= 4 is 5.91 Å². The van der Waals surface area contributed by atoms with E-state index < -0.39 is 6.10 Å². The average molecular weight is 294 g/mol. The van der Waals surface area contributed by atoms with Crippen LogP contribution < -0.4 is 5.32 Å². The molecule has 1 saturated heterocycles. The summed E-state index contributed by atoms with van der Waals surface area (Å²) >= 11 is 0. The Morgan fingerprint density at radius 2 is 2.14 bits per heavy atom. The number of hydrogen-bond donors (Lipinski definition) is 2. The summed E-state index contributed by atoms with van der Waals surface area (Å²) in [5.41, 5.74) is 1.55. The van der Waals surface area contributed by atoms with Crippen LogP contribution in [0.25, 0.3) is 0 Å². The fourth-order valence-corrected chi connectivity index (χ4v) is 2.90. The van der Waals surface area contributed by atoms with Gasteiger partial charge in [0.05, 0.1) is 6.10 Å². The van der Waals surface area contributed by atoms with Gasteiger partial charge in [0.15, 0.2) is 0 Å². The number of aliphatic hydroxyl groups excluding tert-OH is 1. The lowest BCUT2D eigenvalue weighted by molar-refractivity contribution is -0.120. The molecule has 1 atom stereocenters. The van der Waals surface area contributed by atoms with Gasteiger partial charge in [-0.25, -0.2) is 4.39 Å². The van der Waals surface area contributed by atoms with Crippen molar-refractivity contribution in [2.45, 2.75) is 38.8 Å². The Bertz CT molecular complexity index is 499. The Balaban J connectivity index is 1.86. The van der Waals surface area contributed by atoms with Crippen molar-refractivity contribution in [3.63, 3.8) is 0 Å². The molecule has 5 heteroatoms. The number of nitrogens with one attached hydrogen (secondary N) is 1. The van der Waals surface area contributed by atoms with Crippen LogP contribution in [0.4, 0.5) is 4.39 Å². The summed E-state index contributed by atoms with van der Waals surface area (Å²) < 4.78 is 13.1. The highest BCUT2D eigenvalue weighted by atomic mass is 19.1. The summed E-state index contributed by atoms with van der Waals surface area (Å²) in [6, 6.07) is 4.72. The summed E-state index contributed by atoms with van der Waals surface area (Å²) in [7, 11) is 0. The van der Waals surface area contributed by atoms with Crippen molar-refractivity contribution in [3.8, 4) is 0 Å². The summed E-state index contributed by atoms with van der Waals surface area (Å²) in [6.07, 6.45) is 1.19. The molecule has 116 valence electrons. The highest BCUT2D eigenvalue weighted by molar-refractivity contribution is 5.73. The second-order valence-corrected chi connectivity index (χ2v) is 5.79. The molecule has 1 unspecified atom stereocenters. The molecule has 1 aromatic carbocycles. The number of halogens is 1. The number of nitrogens with zero attached hydrogens (tertiary/aromatic N) is 1. The topological polar surface area (TPSA) is 52.6 Å². The molecule has 1 aliphatic rings. The molecular formula is C16H23FN2O2. The van der Waals surface area contributed by atoms with E-state index in [0.717, 1.165) is 37.1 Å². The van der Waals surface area contributed by atoms with E-state index in [4.69, 9.17) is 0 Å². The molecule has 0 spiro atoms. The first-order chi connectivity index (χ1) is 9.95. The maximum Gasteiger partial charge on any atom is 0.217 e. The SMILES string of the molecule is CC(=O)NC1CCN(CC(O)c2ccc(F)cc2C)CC1. The predicted molar refractivity (Wildman–Crippen MR) is 79.4 cm³/mol. The molecule has 4 nitrogen and oxygen atoms in total. The van der Waals surface area contributed by atoms with Gasteiger partial charge in [0.2, 0.25) is 5.91 Å². The molecule has 2 rings (SSSR count). The highest BCUT2D eigenvalue weighted by Crippen LogP contribution is 2.21. The maximum atomic E-state index is 13.1. The Morgan fingerprint density at radius 3 is 2.71 bits per heavy atom. The number of aryl methyl sites for hydroxylation is 1. The zero-order chi connectivity index (χ0) is 15.4. The number of aliphatic hydroxyl groups is 1. The van der Waals surface area contributed by atoms with Gasteiger partial charge in [-0.1, -0.05) is 6.07 Å². The zero-order valence-corrected chi connectivity index (χ0v) is 12.6. The second kappa shape index (κ2) is 7.00. The lowest BCUT2D eigenvalue weighted by atomic mass is 10.0. The first kappa shape index (κ1) is 15.9. The standard InChI is InChI=1S/C16H23FN2O2/c1-11-9-13(17)3-4-15(11)16(21)10-19-7-5-14(6-8-19)18-12(2)20/h3-4,9,14,16,21H,5-8,10H2,1-2H3,(H,18,20). The largest absolute Gasteiger partial charge is 0.387 e. The van der Waals surface area contributed by atoms with Crippen molar-refractivity contribution in [1.82, 2.24) is 10.2 Å². The smallest absolute Gasteiger partial charge is 0.217 e. The number of carbonyl (C=O) groups excluding carboxylic acids is 1. The van der Waals surface area contributed by atoms with Gasteiger partial charge in [-0.3, -0.25) is 4.79 Å². The van der Waals surface area contributed by atoms with Crippen LogP contribution in [0.5, 0.6) is 0 Å². The van der Waals surface area contributed by atoms with E-state index in [1.165, 1.54) is 19.1 Å². The minimum Gasteiger partial charge on any atom is -0.387 e. The van der Waals surface area contributed by atoms with Crippen molar-refractivity contribution < 1.29 is 14.3 Å². The third kappa shape index (κ3) is 4.51. The second-order valence-electron chi connectivity index (χ2n) is 5.79. The maximum absolute atomic E-state index is 13.1. The van der Waals surface area contributed by atoms with E-state index in [9.17, 15) is 14.3 Å². The predicted octanol–water partition coefficient (Wildman–Crippen LogP) is 1.77. The number of amides is 1. The fourth-order valence-electron chi connectivity index (χ4n) is 2.90. The van der Waals surface area contributed by atoms with E-state index in [0.29, 0.717) is 6.54 Å². The van der Waals surface area contributed by atoms with Crippen LogP contribution in [0.15, 0.2) is 18.2 Å². The molecule has 1 fully saturated rings. The van der Waals surface area contributed by atoms with E-state index in [1.54, 1.807) is 6.07 Å². The Labute approximate surface area is 125 Å². The van der Waals surface area contributed by atoms with E-state index in [-0.39, 0.29) is 17.8 Å². The molecule has 21 heavy (non-hydrogen) atoms. The normalized spacial score (nSPS) is 18.5. The van der Waals surface area contributed by atoms with Crippen molar-refractivity contribution in [1.29, 1.82) is 0 Å². The van der Waals surface area contributed by atoms with Gasteiger partial charge in [0.25, 0.3) is 0 Å². The Hall–Kier alpha value is -1.46. The third-order valence-corrected chi connectivity index (χ3v) is 4.02. The van der Waals surface area contributed by atoms with Gasteiger partial charge >= 0.3 is 0 Å². The first-order valence-corrected chi connectivity index (χ1v) is 7.39. The quantitative estimate of drug-likeness (QED) is 0.890. The summed E-state index contributed by atoms with van der Waals surface area (Å²) in [6.45, 7) is 5.59. The minimum atomic E-state index is -0.608. The molecule has 0 radical (unpaired) electrons. The average Bonchev–Trinajstić information content (AvgIpc) is 2.40. The van der Waals surface area contributed by atoms with E-state index >= 15 is 0 Å². The van der Waals surface area contributed by atoms with E-state index in [2.05, 4.69) is 10.2 Å². The van der Waals surface area contributed by atoms with Crippen molar-refractivity contribution in [2.75, 3.05) is 19.6 Å². The molecule has 1 heterocycles. The van der Waals surface area contributed by atoms with Crippen molar-refractivity contribution in [3.05, 3.63) is 35.1 Å². The van der Waals surface area contributed by atoms with Crippen LogP contribution in [0, 0.1) is 12.7 Å². The molecule has 0 aliphatic carbocycles. The van der Waals surface area contributed by atoms with Crippen LogP contribution in [0.3, 0.4) is 0 Å². The summed E-state index contributed by atoms with van der Waals surface area (Å²) in [5.74, 6) is -0.269. The molecule has 1 amide bonds. The lowest BCUT2D eigenvalue weighted by Gasteiger charge is -2.33. The van der Waals surface area contributed by atoms with Crippen LogP contribution in [0.2, 0.25) is 0 Å².